The molecular formula is C16H15F2NO2. The predicted octanol–water partition coefficient (Wildman–Crippen LogP) is 2.92. The van der Waals surface area contributed by atoms with E-state index in [1.165, 1.54) is 30.3 Å². The van der Waals surface area contributed by atoms with Crippen molar-refractivity contribution >= 4 is 5.97 Å². The average molecular weight is 291 g/mol. The van der Waals surface area contributed by atoms with Crippen molar-refractivity contribution in [2.24, 2.45) is 0 Å². The van der Waals surface area contributed by atoms with Crippen molar-refractivity contribution in [3.8, 4) is 0 Å². The van der Waals surface area contributed by atoms with Gasteiger partial charge in [0.2, 0.25) is 0 Å². The molecule has 2 rings (SSSR count). The van der Waals surface area contributed by atoms with Gasteiger partial charge in [-0.2, -0.15) is 0 Å². The average Bonchev–Trinajstić information content (AvgIpc) is 2.45. The van der Waals surface area contributed by atoms with E-state index in [4.69, 9.17) is 0 Å². The molecule has 0 radical (unpaired) electrons. The Morgan fingerprint density at radius 2 is 1.81 bits per heavy atom. The van der Waals surface area contributed by atoms with Gasteiger partial charge >= 0.3 is 5.97 Å². The maximum Gasteiger partial charge on any atom is 0.325 e. The van der Waals surface area contributed by atoms with Gasteiger partial charge in [-0.05, 0) is 41.8 Å². The van der Waals surface area contributed by atoms with Crippen molar-refractivity contribution in [3.05, 3.63) is 71.3 Å². The highest BCUT2D eigenvalue weighted by Crippen LogP contribution is 2.14. The molecule has 1 atom stereocenters. The van der Waals surface area contributed by atoms with Crippen molar-refractivity contribution in [2.75, 3.05) is 6.54 Å². The molecule has 0 bridgehead atoms. The predicted molar refractivity (Wildman–Crippen MR) is 74.9 cm³/mol. The first kappa shape index (κ1) is 15.1. The number of carbonyl (C=O) groups is 1. The van der Waals surface area contributed by atoms with Crippen LogP contribution in [0.15, 0.2) is 48.5 Å². The summed E-state index contributed by atoms with van der Waals surface area (Å²) in [6.07, 6.45) is 0.555. The molecule has 110 valence electrons. The molecule has 5 heteroatoms. The monoisotopic (exact) mass is 291 g/mol. The Balaban J connectivity index is 1.98. The zero-order valence-electron chi connectivity index (χ0n) is 11.2. The van der Waals surface area contributed by atoms with E-state index in [1.807, 2.05) is 0 Å². The third kappa shape index (κ3) is 4.36. The first-order valence-electron chi connectivity index (χ1n) is 6.52. The number of hydrogen-bond acceptors (Lipinski definition) is 2. The van der Waals surface area contributed by atoms with Gasteiger partial charge in [-0.3, -0.25) is 4.79 Å². The Morgan fingerprint density at radius 3 is 2.43 bits per heavy atom. The molecule has 0 aliphatic carbocycles. The molecule has 0 spiro atoms. The van der Waals surface area contributed by atoms with E-state index in [2.05, 4.69) is 5.32 Å². The van der Waals surface area contributed by atoms with E-state index in [0.29, 0.717) is 18.5 Å². The zero-order chi connectivity index (χ0) is 15.2. The van der Waals surface area contributed by atoms with Crippen molar-refractivity contribution in [1.29, 1.82) is 0 Å². The number of rotatable bonds is 6. The van der Waals surface area contributed by atoms with Gasteiger partial charge in [0, 0.05) is 6.54 Å². The SMILES string of the molecule is O=C(O)C(NCCc1ccc(F)cc1)c1cccc(F)c1. The maximum atomic E-state index is 13.2. The van der Waals surface area contributed by atoms with E-state index in [-0.39, 0.29) is 5.82 Å². The quantitative estimate of drug-likeness (QED) is 0.860. The second-order valence-corrected chi connectivity index (χ2v) is 4.66. The van der Waals surface area contributed by atoms with E-state index in [9.17, 15) is 18.7 Å². The molecule has 1 unspecified atom stereocenters. The van der Waals surface area contributed by atoms with Crippen molar-refractivity contribution < 1.29 is 18.7 Å². The number of carboxylic acids is 1. The lowest BCUT2D eigenvalue weighted by Crippen LogP contribution is -2.30. The van der Waals surface area contributed by atoms with Crippen LogP contribution in [0.2, 0.25) is 0 Å². The summed E-state index contributed by atoms with van der Waals surface area (Å²) in [6.45, 7) is 0.388. The fraction of sp³-hybridized carbons (Fsp3) is 0.188. The van der Waals surface area contributed by atoms with Gasteiger partial charge in [-0.15, -0.1) is 0 Å². The number of benzene rings is 2. The van der Waals surface area contributed by atoms with Crippen LogP contribution in [-0.4, -0.2) is 17.6 Å². The number of aliphatic carboxylic acids is 1. The van der Waals surface area contributed by atoms with Gasteiger partial charge < -0.3 is 10.4 Å². The molecule has 0 fully saturated rings. The molecule has 0 saturated carbocycles. The summed E-state index contributed by atoms with van der Waals surface area (Å²) < 4.78 is 25.9. The number of halogens is 2. The molecule has 0 aliphatic rings. The summed E-state index contributed by atoms with van der Waals surface area (Å²) in [4.78, 5) is 11.3. The Bertz CT molecular complexity index is 614. The molecule has 2 N–H and O–H groups in total. The number of hydrogen-bond donors (Lipinski definition) is 2. The summed E-state index contributed by atoms with van der Waals surface area (Å²) >= 11 is 0. The van der Waals surface area contributed by atoms with Crippen LogP contribution >= 0.6 is 0 Å². The third-order valence-corrected chi connectivity index (χ3v) is 3.10. The van der Waals surface area contributed by atoms with E-state index in [0.717, 1.165) is 5.56 Å². The molecular weight excluding hydrogens is 276 g/mol. The molecule has 0 aliphatic heterocycles. The molecule has 2 aromatic carbocycles. The lowest BCUT2D eigenvalue weighted by Gasteiger charge is -2.15. The molecule has 3 nitrogen and oxygen atoms in total. The second kappa shape index (κ2) is 6.95. The van der Waals surface area contributed by atoms with E-state index >= 15 is 0 Å². The van der Waals surface area contributed by atoms with Crippen molar-refractivity contribution in [3.63, 3.8) is 0 Å². The molecule has 2 aromatic rings. The Hall–Kier alpha value is -2.27. The summed E-state index contributed by atoms with van der Waals surface area (Å²) in [6, 6.07) is 10.5. The van der Waals surface area contributed by atoms with Crippen LogP contribution < -0.4 is 5.32 Å². The topological polar surface area (TPSA) is 49.3 Å². The highest BCUT2D eigenvalue weighted by Gasteiger charge is 2.19. The highest BCUT2D eigenvalue weighted by atomic mass is 19.1. The Morgan fingerprint density at radius 1 is 1.10 bits per heavy atom. The Labute approximate surface area is 121 Å². The van der Waals surface area contributed by atoms with Gasteiger partial charge in [-0.25, -0.2) is 8.78 Å². The smallest absolute Gasteiger partial charge is 0.325 e. The molecule has 0 saturated heterocycles. The zero-order valence-corrected chi connectivity index (χ0v) is 11.2. The summed E-state index contributed by atoms with van der Waals surface area (Å²) in [7, 11) is 0. The van der Waals surface area contributed by atoms with Gasteiger partial charge in [0.15, 0.2) is 0 Å². The lowest BCUT2D eigenvalue weighted by atomic mass is 10.1. The minimum absolute atomic E-state index is 0.310. The highest BCUT2D eigenvalue weighted by molar-refractivity contribution is 5.75. The first-order valence-corrected chi connectivity index (χ1v) is 6.52. The van der Waals surface area contributed by atoms with Gasteiger partial charge in [0.25, 0.3) is 0 Å². The van der Waals surface area contributed by atoms with E-state index in [1.54, 1.807) is 18.2 Å². The minimum Gasteiger partial charge on any atom is -0.480 e. The van der Waals surface area contributed by atoms with Gasteiger partial charge in [-0.1, -0.05) is 24.3 Å². The molecule has 0 amide bonds. The van der Waals surface area contributed by atoms with Crippen LogP contribution in [0.5, 0.6) is 0 Å². The van der Waals surface area contributed by atoms with Gasteiger partial charge in [0.1, 0.15) is 17.7 Å². The number of carboxylic acid groups (broad SMARTS) is 1. The van der Waals surface area contributed by atoms with Crippen LogP contribution in [0, 0.1) is 11.6 Å². The van der Waals surface area contributed by atoms with Crippen molar-refractivity contribution in [2.45, 2.75) is 12.5 Å². The third-order valence-electron chi connectivity index (χ3n) is 3.10. The van der Waals surface area contributed by atoms with Gasteiger partial charge in [0.05, 0.1) is 0 Å². The van der Waals surface area contributed by atoms with Crippen molar-refractivity contribution in [1.82, 2.24) is 5.32 Å². The normalized spacial score (nSPS) is 12.1. The Kier molecular flexibility index (Phi) is 5.00. The fourth-order valence-electron chi connectivity index (χ4n) is 2.05. The summed E-state index contributed by atoms with van der Waals surface area (Å²) in [5.74, 6) is -1.85. The minimum atomic E-state index is -1.07. The van der Waals surface area contributed by atoms with Crippen LogP contribution in [0.4, 0.5) is 8.78 Å². The van der Waals surface area contributed by atoms with Crippen LogP contribution in [0.1, 0.15) is 17.2 Å². The molecule has 0 heterocycles. The van der Waals surface area contributed by atoms with E-state index < -0.39 is 17.8 Å². The molecule has 21 heavy (non-hydrogen) atoms. The molecule has 0 aromatic heterocycles. The van der Waals surface area contributed by atoms with Crippen LogP contribution in [0.3, 0.4) is 0 Å². The second-order valence-electron chi connectivity index (χ2n) is 4.66. The first-order chi connectivity index (χ1) is 10.1. The number of nitrogens with one attached hydrogen (secondary N) is 1. The summed E-state index contributed by atoms with van der Waals surface area (Å²) in [5, 5.41) is 12.1. The largest absolute Gasteiger partial charge is 0.480 e. The van der Waals surface area contributed by atoms with Crippen LogP contribution in [0.25, 0.3) is 0 Å². The standard InChI is InChI=1S/C16H15F2NO2/c17-13-6-4-11(5-7-13)8-9-19-15(16(20)21)12-2-1-3-14(18)10-12/h1-7,10,15,19H,8-9H2,(H,20,21). The fourth-order valence-corrected chi connectivity index (χ4v) is 2.05. The van der Waals surface area contributed by atoms with Crippen LogP contribution in [-0.2, 0) is 11.2 Å². The maximum absolute atomic E-state index is 13.2. The lowest BCUT2D eigenvalue weighted by molar-refractivity contribution is -0.139. The summed E-state index contributed by atoms with van der Waals surface area (Å²) in [5.41, 5.74) is 1.26.